The molecule has 1 amide bonds. The first-order valence-electron chi connectivity index (χ1n) is 29.0. The number of aliphatic hydroxyl groups is 2. The molecule has 0 aromatic rings. The van der Waals surface area contributed by atoms with E-state index in [2.05, 4.69) is 86.8 Å². The summed E-state index contributed by atoms with van der Waals surface area (Å²) < 4.78 is 5.94. The number of allylic oxidation sites excluding steroid dienone is 10. The molecule has 390 valence electrons. The van der Waals surface area contributed by atoms with Gasteiger partial charge in [-0.05, 0) is 96.3 Å². The van der Waals surface area contributed by atoms with Crippen LogP contribution in [0.4, 0.5) is 0 Å². The van der Waals surface area contributed by atoms with Gasteiger partial charge in [-0.15, -0.1) is 0 Å². The van der Waals surface area contributed by atoms with Gasteiger partial charge in [0.25, 0.3) is 0 Å². The predicted octanol–water partition coefficient (Wildman–Crippen LogP) is 18.0. The molecule has 0 fully saturated rings. The molecule has 3 unspecified atom stereocenters. The fourth-order valence-corrected chi connectivity index (χ4v) is 8.64. The van der Waals surface area contributed by atoms with Gasteiger partial charge in [-0.2, -0.15) is 0 Å². The Kier molecular flexibility index (Phi) is 52.5. The summed E-state index contributed by atoms with van der Waals surface area (Å²) in [6.45, 7) is 6.47. The van der Waals surface area contributed by atoms with Crippen LogP contribution in [0.1, 0.15) is 290 Å². The molecule has 0 radical (unpaired) electrons. The van der Waals surface area contributed by atoms with E-state index in [-0.39, 0.29) is 24.9 Å². The molecule has 0 aliphatic heterocycles. The molecule has 6 nitrogen and oxygen atoms in total. The van der Waals surface area contributed by atoms with Gasteiger partial charge < -0.3 is 20.3 Å². The molecule has 0 rings (SSSR count). The number of amides is 1. The Bertz CT molecular complexity index is 1190. The lowest BCUT2D eigenvalue weighted by Gasteiger charge is -2.24. The standard InChI is InChI=1S/C61H111NO5/c1-4-7-10-13-16-19-22-25-27-29-30-31-33-36-39-42-45-48-51-54-61(66)67-57(52-49-46-43-40-37-35-32-28-26-23-20-17-14-11-8-5-2)55-60(65)62-58(56-63)59(64)53-50-47-44-41-38-34-24-21-18-15-12-9-6-3/h16,19,25,27,30-31,35-37,39,57-59,63-64H,4-15,17-18,20-24,26,28-29,32-34,38,40-56H2,1-3H3,(H,62,65)/b19-16-,27-25-,31-30-,37-35+,39-36-. The first kappa shape index (κ1) is 64.6. The van der Waals surface area contributed by atoms with Gasteiger partial charge in [-0.3, -0.25) is 9.59 Å². The molecule has 0 aliphatic carbocycles. The van der Waals surface area contributed by atoms with E-state index in [1.807, 2.05) is 0 Å². The largest absolute Gasteiger partial charge is 0.462 e. The number of rotatable bonds is 52. The summed E-state index contributed by atoms with van der Waals surface area (Å²) in [6.07, 6.45) is 68.5. The zero-order chi connectivity index (χ0) is 48.8. The normalized spacial score (nSPS) is 13.6. The highest BCUT2D eigenvalue weighted by molar-refractivity contribution is 5.77. The van der Waals surface area contributed by atoms with E-state index < -0.39 is 18.2 Å². The van der Waals surface area contributed by atoms with Crippen LogP contribution in [0.15, 0.2) is 60.8 Å². The van der Waals surface area contributed by atoms with Crippen LogP contribution < -0.4 is 5.32 Å². The summed E-state index contributed by atoms with van der Waals surface area (Å²) in [4.78, 5) is 26.3. The molecule has 67 heavy (non-hydrogen) atoms. The number of nitrogens with one attached hydrogen (secondary N) is 1. The smallest absolute Gasteiger partial charge is 0.306 e. The molecule has 0 bridgehead atoms. The van der Waals surface area contributed by atoms with Gasteiger partial charge in [0.15, 0.2) is 0 Å². The van der Waals surface area contributed by atoms with Gasteiger partial charge in [-0.1, -0.05) is 242 Å². The SMILES string of the molecule is CCCCC/C=C\C/C=C\C/C=C\C/C=C\CCCCCC(=O)OC(CCCCC/C=C/CCCCCCCCCCC)CC(=O)NC(CO)C(O)CCCCCCCCCCCCCCC. The second-order valence-electron chi connectivity index (χ2n) is 19.7. The highest BCUT2D eigenvalue weighted by atomic mass is 16.5. The highest BCUT2D eigenvalue weighted by Gasteiger charge is 2.24. The molecular formula is C61H111NO5. The second-order valence-corrected chi connectivity index (χ2v) is 19.7. The number of hydrogen-bond donors (Lipinski definition) is 3. The fourth-order valence-electron chi connectivity index (χ4n) is 8.64. The van der Waals surface area contributed by atoms with Crippen molar-refractivity contribution in [2.75, 3.05) is 6.61 Å². The van der Waals surface area contributed by atoms with Crippen LogP contribution in [-0.2, 0) is 14.3 Å². The number of hydrogen-bond acceptors (Lipinski definition) is 5. The van der Waals surface area contributed by atoms with Gasteiger partial charge in [0.1, 0.15) is 6.10 Å². The summed E-state index contributed by atoms with van der Waals surface area (Å²) in [5, 5.41) is 23.9. The molecule has 0 spiro atoms. The van der Waals surface area contributed by atoms with Crippen molar-refractivity contribution in [3.05, 3.63) is 60.8 Å². The van der Waals surface area contributed by atoms with Crippen LogP contribution in [0.3, 0.4) is 0 Å². The molecule has 0 aromatic heterocycles. The molecule has 0 aromatic carbocycles. The maximum atomic E-state index is 13.3. The average molecular weight is 939 g/mol. The van der Waals surface area contributed by atoms with Crippen molar-refractivity contribution in [1.29, 1.82) is 0 Å². The van der Waals surface area contributed by atoms with Gasteiger partial charge >= 0.3 is 5.97 Å². The van der Waals surface area contributed by atoms with Crippen molar-refractivity contribution >= 4 is 11.9 Å². The Balaban J connectivity index is 4.64. The van der Waals surface area contributed by atoms with Crippen LogP contribution >= 0.6 is 0 Å². The van der Waals surface area contributed by atoms with E-state index >= 15 is 0 Å². The fraction of sp³-hybridized carbons (Fsp3) is 0.803. The number of esters is 1. The van der Waals surface area contributed by atoms with E-state index in [0.29, 0.717) is 19.3 Å². The predicted molar refractivity (Wildman–Crippen MR) is 292 cm³/mol. The minimum Gasteiger partial charge on any atom is -0.462 e. The van der Waals surface area contributed by atoms with Crippen LogP contribution in [0.2, 0.25) is 0 Å². The van der Waals surface area contributed by atoms with E-state index in [9.17, 15) is 19.8 Å². The van der Waals surface area contributed by atoms with Crippen molar-refractivity contribution in [3.8, 4) is 0 Å². The minimum absolute atomic E-state index is 0.0540. The summed E-state index contributed by atoms with van der Waals surface area (Å²) in [5.41, 5.74) is 0. The molecule has 6 heteroatoms. The molecule has 0 saturated carbocycles. The molecule has 3 atom stereocenters. The van der Waals surface area contributed by atoms with Gasteiger partial charge in [0.2, 0.25) is 5.91 Å². The maximum absolute atomic E-state index is 13.3. The molecule has 3 N–H and O–H groups in total. The first-order valence-corrected chi connectivity index (χ1v) is 29.0. The van der Waals surface area contributed by atoms with E-state index in [4.69, 9.17) is 4.74 Å². The van der Waals surface area contributed by atoms with E-state index in [1.54, 1.807) is 0 Å². The lowest BCUT2D eigenvalue weighted by atomic mass is 10.0. The third-order valence-electron chi connectivity index (χ3n) is 13.1. The zero-order valence-electron chi connectivity index (χ0n) is 44.5. The number of unbranched alkanes of at least 4 members (excludes halogenated alkanes) is 30. The Morgan fingerprint density at radius 3 is 1.21 bits per heavy atom. The summed E-state index contributed by atoms with van der Waals surface area (Å²) in [6, 6.07) is -0.715. The van der Waals surface area contributed by atoms with Crippen molar-refractivity contribution in [2.24, 2.45) is 0 Å². The maximum Gasteiger partial charge on any atom is 0.306 e. The second kappa shape index (κ2) is 54.5. The van der Waals surface area contributed by atoms with Gasteiger partial charge in [-0.25, -0.2) is 0 Å². The Labute approximate surface area is 416 Å². The minimum atomic E-state index is -0.799. The first-order chi connectivity index (χ1) is 33.0. The Morgan fingerprint density at radius 1 is 0.433 bits per heavy atom. The summed E-state index contributed by atoms with van der Waals surface area (Å²) >= 11 is 0. The van der Waals surface area contributed by atoms with Crippen molar-refractivity contribution in [2.45, 2.75) is 309 Å². The monoisotopic (exact) mass is 938 g/mol. The van der Waals surface area contributed by atoms with Crippen LogP contribution in [0, 0.1) is 0 Å². The Morgan fingerprint density at radius 2 is 0.761 bits per heavy atom. The lowest BCUT2D eigenvalue weighted by molar-refractivity contribution is -0.151. The molecule has 0 aliphatic rings. The van der Waals surface area contributed by atoms with Crippen molar-refractivity contribution < 1.29 is 24.5 Å². The third kappa shape index (κ3) is 49.8. The number of carbonyl (C=O) groups is 2. The molecule has 0 heterocycles. The van der Waals surface area contributed by atoms with Crippen LogP contribution in [0.25, 0.3) is 0 Å². The lowest BCUT2D eigenvalue weighted by Crippen LogP contribution is -2.46. The third-order valence-corrected chi connectivity index (χ3v) is 13.1. The van der Waals surface area contributed by atoms with Crippen LogP contribution in [-0.4, -0.2) is 46.9 Å². The van der Waals surface area contributed by atoms with E-state index in [0.717, 1.165) is 96.3 Å². The summed E-state index contributed by atoms with van der Waals surface area (Å²) in [5.74, 6) is -0.518. The van der Waals surface area contributed by atoms with Crippen LogP contribution in [0.5, 0.6) is 0 Å². The van der Waals surface area contributed by atoms with Gasteiger partial charge in [0.05, 0.1) is 25.2 Å². The van der Waals surface area contributed by atoms with Crippen molar-refractivity contribution in [3.63, 3.8) is 0 Å². The average Bonchev–Trinajstić information content (AvgIpc) is 3.32. The highest BCUT2D eigenvalue weighted by Crippen LogP contribution is 2.18. The zero-order valence-corrected chi connectivity index (χ0v) is 44.5. The number of ether oxygens (including phenoxy) is 1. The number of carbonyl (C=O) groups excluding carboxylic acids is 2. The van der Waals surface area contributed by atoms with Crippen molar-refractivity contribution in [1.82, 2.24) is 5.32 Å². The summed E-state index contributed by atoms with van der Waals surface area (Å²) in [7, 11) is 0. The van der Waals surface area contributed by atoms with Gasteiger partial charge in [0, 0.05) is 6.42 Å². The number of aliphatic hydroxyl groups excluding tert-OH is 2. The van der Waals surface area contributed by atoms with E-state index in [1.165, 1.54) is 148 Å². The molecule has 0 saturated heterocycles. The Hall–Kier alpha value is -2.44. The topological polar surface area (TPSA) is 95.9 Å². The quantitative estimate of drug-likeness (QED) is 0.0321. The molecular weight excluding hydrogens is 827 g/mol.